The van der Waals surface area contributed by atoms with E-state index in [1.54, 1.807) is 21.3 Å². The number of aromatic amines is 1. The Bertz CT molecular complexity index is 1460. The average Bonchev–Trinajstić information content (AvgIpc) is 3.38. The van der Waals surface area contributed by atoms with Gasteiger partial charge in [-0.2, -0.15) is 5.10 Å². The third kappa shape index (κ3) is 5.19. The molecule has 0 aliphatic carbocycles. The predicted octanol–water partition coefficient (Wildman–Crippen LogP) is 5.68. The molecule has 5 rings (SSSR count). The van der Waals surface area contributed by atoms with Gasteiger partial charge in [0.2, 0.25) is 5.75 Å². The van der Waals surface area contributed by atoms with Crippen LogP contribution in [0.2, 0.25) is 0 Å². The van der Waals surface area contributed by atoms with E-state index < -0.39 is 0 Å². The number of aromatic nitrogens is 3. The second-order valence-corrected chi connectivity index (χ2v) is 8.45. The van der Waals surface area contributed by atoms with Gasteiger partial charge in [0.05, 0.1) is 27.0 Å². The first kappa shape index (κ1) is 24.1. The molecule has 8 nitrogen and oxygen atoms in total. The van der Waals surface area contributed by atoms with Crippen molar-refractivity contribution in [2.45, 2.75) is 13.1 Å². The minimum Gasteiger partial charge on any atom is -0.493 e. The maximum Gasteiger partial charge on any atom is 0.203 e. The van der Waals surface area contributed by atoms with Crippen LogP contribution in [0.3, 0.4) is 0 Å². The van der Waals surface area contributed by atoms with Crippen LogP contribution in [0.4, 0.5) is 11.5 Å². The Balaban J connectivity index is 1.53. The van der Waals surface area contributed by atoms with Crippen LogP contribution in [0.1, 0.15) is 11.3 Å². The van der Waals surface area contributed by atoms with Crippen LogP contribution in [0.5, 0.6) is 17.2 Å². The van der Waals surface area contributed by atoms with E-state index in [0.29, 0.717) is 29.6 Å². The van der Waals surface area contributed by atoms with Gasteiger partial charge in [0.1, 0.15) is 11.2 Å². The van der Waals surface area contributed by atoms with E-state index in [-0.39, 0.29) is 0 Å². The van der Waals surface area contributed by atoms with Gasteiger partial charge in [0.15, 0.2) is 17.3 Å². The van der Waals surface area contributed by atoms with Crippen molar-refractivity contribution in [3.8, 4) is 28.5 Å². The molecule has 3 aromatic carbocycles. The quantitative estimate of drug-likeness (QED) is 0.229. The van der Waals surface area contributed by atoms with Crippen molar-refractivity contribution in [2.75, 3.05) is 26.6 Å². The molecule has 0 fully saturated rings. The molecule has 2 aromatic heterocycles. The molecule has 0 aliphatic rings. The van der Waals surface area contributed by atoms with Crippen LogP contribution in [-0.4, -0.2) is 36.5 Å². The summed E-state index contributed by atoms with van der Waals surface area (Å²) in [5, 5.41) is 15.7. The van der Waals surface area contributed by atoms with Crippen molar-refractivity contribution in [1.29, 1.82) is 0 Å². The molecule has 0 bridgehead atoms. The zero-order chi connectivity index (χ0) is 25.6. The molecule has 0 saturated heterocycles. The highest BCUT2D eigenvalue weighted by molar-refractivity contribution is 5.99. The van der Waals surface area contributed by atoms with Gasteiger partial charge in [0, 0.05) is 41.9 Å². The Morgan fingerprint density at radius 3 is 2.11 bits per heavy atom. The molecule has 5 aromatic rings. The number of hydrogen-bond acceptors (Lipinski definition) is 7. The van der Waals surface area contributed by atoms with Gasteiger partial charge in [-0.1, -0.05) is 60.7 Å². The van der Waals surface area contributed by atoms with Crippen LogP contribution < -0.4 is 24.8 Å². The minimum absolute atomic E-state index is 0.528. The van der Waals surface area contributed by atoms with Crippen molar-refractivity contribution in [2.24, 2.45) is 0 Å². The van der Waals surface area contributed by atoms with E-state index in [2.05, 4.69) is 51.2 Å². The first-order chi connectivity index (χ1) is 18.2. The molecule has 37 heavy (non-hydrogen) atoms. The van der Waals surface area contributed by atoms with E-state index >= 15 is 0 Å². The maximum absolute atomic E-state index is 5.53. The fourth-order valence-corrected chi connectivity index (χ4v) is 4.29. The third-order valence-electron chi connectivity index (χ3n) is 6.06. The van der Waals surface area contributed by atoms with Gasteiger partial charge in [-0.25, -0.2) is 4.98 Å². The highest BCUT2D eigenvalue weighted by Crippen LogP contribution is 2.41. The molecule has 2 heterocycles. The summed E-state index contributed by atoms with van der Waals surface area (Å²) < 4.78 is 16.5. The second kappa shape index (κ2) is 11.0. The Hall–Kier alpha value is -4.56. The van der Waals surface area contributed by atoms with E-state index in [1.807, 2.05) is 48.5 Å². The Morgan fingerprint density at radius 1 is 0.784 bits per heavy atom. The first-order valence-electron chi connectivity index (χ1n) is 11.9. The van der Waals surface area contributed by atoms with Gasteiger partial charge in [-0.05, 0) is 11.6 Å². The highest BCUT2D eigenvalue weighted by atomic mass is 16.5. The van der Waals surface area contributed by atoms with Crippen LogP contribution in [-0.2, 0) is 13.1 Å². The summed E-state index contributed by atoms with van der Waals surface area (Å²) in [5.74, 6) is 2.28. The summed E-state index contributed by atoms with van der Waals surface area (Å²) in [6.45, 7) is 1.33. The number of rotatable bonds is 10. The predicted molar refractivity (Wildman–Crippen MR) is 146 cm³/mol. The van der Waals surface area contributed by atoms with Gasteiger partial charge < -0.3 is 24.8 Å². The summed E-state index contributed by atoms with van der Waals surface area (Å²) in [6.07, 6.45) is 0. The van der Waals surface area contributed by atoms with Crippen molar-refractivity contribution in [1.82, 2.24) is 20.5 Å². The summed E-state index contributed by atoms with van der Waals surface area (Å²) in [6, 6.07) is 26.2. The molecule has 0 unspecified atom stereocenters. The molecular formula is C29H29N5O3. The maximum atomic E-state index is 5.53. The zero-order valence-electron chi connectivity index (χ0n) is 21.0. The number of ether oxygens (including phenoxy) is 3. The van der Waals surface area contributed by atoms with Gasteiger partial charge in [-0.3, -0.25) is 5.10 Å². The smallest absolute Gasteiger partial charge is 0.203 e. The number of fused-ring (bicyclic) bond motifs is 1. The van der Waals surface area contributed by atoms with Crippen molar-refractivity contribution < 1.29 is 14.2 Å². The normalized spacial score (nSPS) is 10.9. The van der Waals surface area contributed by atoms with Crippen molar-refractivity contribution in [3.05, 3.63) is 90.1 Å². The number of hydrogen-bond donors (Lipinski definition) is 3. The van der Waals surface area contributed by atoms with E-state index in [9.17, 15) is 0 Å². The monoisotopic (exact) mass is 495 g/mol. The number of methoxy groups -OCH3 is 3. The first-order valence-corrected chi connectivity index (χ1v) is 11.9. The summed E-state index contributed by atoms with van der Waals surface area (Å²) in [4.78, 5) is 4.93. The fraction of sp³-hybridized carbons (Fsp3) is 0.172. The number of anilines is 2. The molecule has 8 heteroatoms. The van der Waals surface area contributed by atoms with Crippen LogP contribution in [0.15, 0.2) is 78.9 Å². The number of benzene rings is 3. The number of H-pyrrole nitrogens is 1. The zero-order valence-corrected chi connectivity index (χ0v) is 21.0. The Labute approximate surface area is 215 Å². The molecule has 188 valence electrons. The SMILES string of the molecule is COc1cc(Nc2nc(CNCc3ccccc3)cc3c(-c4ccccc4)n[nH]c23)cc(OC)c1OC. The topological polar surface area (TPSA) is 93.3 Å². The lowest BCUT2D eigenvalue weighted by Crippen LogP contribution is -2.14. The number of nitrogens with one attached hydrogen (secondary N) is 3. The molecule has 0 spiro atoms. The molecule has 0 amide bonds. The standard InChI is InChI=1S/C29H29N5O3/c1-35-24-15-21(16-25(36-2)28(24)37-3)31-29-27-23(26(33-34-27)20-12-8-5-9-13-20)14-22(32-29)18-30-17-19-10-6-4-7-11-19/h4-16,30H,17-18H2,1-3H3,(H,31,32)(H,33,34). The van der Waals surface area contributed by atoms with Crippen LogP contribution in [0.25, 0.3) is 22.2 Å². The molecule has 0 aliphatic heterocycles. The van der Waals surface area contributed by atoms with Crippen LogP contribution >= 0.6 is 0 Å². The fourth-order valence-electron chi connectivity index (χ4n) is 4.29. The minimum atomic E-state index is 0.528. The largest absolute Gasteiger partial charge is 0.493 e. The molecular weight excluding hydrogens is 466 g/mol. The summed E-state index contributed by atoms with van der Waals surface area (Å²) >= 11 is 0. The number of nitrogens with zero attached hydrogens (tertiary/aromatic N) is 2. The van der Waals surface area contributed by atoms with Gasteiger partial charge >= 0.3 is 0 Å². The van der Waals surface area contributed by atoms with E-state index in [4.69, 9.17) is 19.2 Å². The summed E-state index contributed by atoms with van der Waals surface area (Å²) in [7, 11) is 4.77. The van der Waals surface area contributed by atoms with E-state index in [0.717, 1.165) is 40.1 Å². The second-order valence-electron chi connectivity index (χ2n) is 8.45. The van der Waals surface area contributed by atoms with Crippen LogP contribution in [0, 0.1) is 0 Å². The molecule has 0 radical (unpaired) electrons. The Morgan fingerprint density at radius 2 is 1.46 bits per heavy atom. The lowest BCUT2D eigenvalue weighted by molar-refractivity contribution is 0.324. The number of pyridine rings is 1. The molecule has 0 atom stereocenters. The van der Waals surface area contributed by atoms with Crippen molar-refractivity contribution in [3.63, 3.8) is 0 Å². The molecule has 0 saturated carbocycles. The van der Waals surface area contributed by atoms with Crippen molar-refractivity contribution >= 4 is 22.4 Å². The third-order valence-corrected chi connectivity index (χ3v) is 6.06. The lowest BCUT2D eigenvalue weighted by atomic mass is 10.1. The molecule has 3 N–H and O–H groups in total. The van der Waals surface area contributed by atoms with Gasteiger partial charge in [0.25, 0.3) is 0 Å². The highest BCUT2D eigenvalue weighted by Gasteiger charge is 2.17. The summed E-state index contributed by atoms with van der Waals surface area (Å²) in [5.41, 5.74) is 5.55. The average molecular weight is 496 g/mol. The Kier molecular flexibility index (Phi) is 7.19. The van der Waals surface area contributed by atoms with Gasteiger partial charge in [-0.15, -0.1) is 0 Å². The van der Waals surface area contributed by atoms with E-state index in [1.165, 1.54) is 5.56 Å². The lowest BCUT2D eigenvalue weighted by Gasteiger charge is -2.15.